The van der Waals surface area contributed by atoms with Crippen LogP contribution in [0.2, 0.25) is 0 Å². The SMILES string of the molecule is Cc1cnc(CC(F)(F)C2CCC2)c(=O)n1CC(=O)NCCON=C(N)N. The van der Waals surface area contributed by atoms with Gasteiger partial charge in [-0.3, -0.25) is 14.6 Å². The zero-order chi connectivity index (χ0) is 20.0. The molecule has 0 bridgehead atoms. The lowest BCUT2D eigenvalue weighted by Crippen LogP contribution is -2.40. The number of aryl methyl sites for hydroxylation is 1. The molecule has 1 aromatic rings. The van der Waals surface area contributed by atoms with Gasteiger partial charge in [0, 0.05) is 17.8 Å². The Balaban J connectivity index is 1.99. The third-order valence-electron chi connectivity index (χ3n) is 4.42. The molecule has 2 rings (SSSR count). The number of amides is 1. The van der Waals surface area contributed by atoms with Crippen molar-refractivity contribution in [1.29, 1.82) is 0 Å². The van der Waals surface area contributed by atoms with Crippen LogP contribution in [0.15, 0.2) is 16.1 Å². The lowest BCUT2D eigenvalue weighted by molar-refractivity contribution is -0.122. The minimum Gasteiger partial charge on any atom is -0.391 e. The van der Waals surface area contributed by atoms with E-state index in [1.54, 1.807) is 6.92 Å². The number of aromatic nitrogens is 2. The third kappa shape index (κ3) is 5.63. The second-order valence-electron chi connectivity index (χ2n) is 6.50. The van der Waals surface area contributed by atoms with Gasteiger partial charge in [-0.1, -0.05) is 6.42 Å². The first kappa shape index (κ1) is 20.6. The fourth-order valence-electron chi connectivity index (χ4n) is 2.68. The van der Waals surface area contributed by atoms with Gasteiger partial charge in [-0.25, -0.2) is 8.78 Å². The summed E-state index contributed by atoms with van der Waals surface area (Å²) in [5.74, 6) is -4.40. The first-order chi connectivity index (χ1) is 12.7. The highest BCUT2D eigenvalue weighted by Gasteiger charge is 2.43. The molecule has 1 saturated carbocycles. The predicted octanol–water partition coefficient (Wildman–Crippen LogP) is -0.149. The monoisotopic (exact) mass is 386 g/mol. The number of nitrogens with zero attached hydrogens (tertiary/aromatic N) is 3. The van der Waals surface area contributed by atoms with Crippen molar-refractivity contribution in [2.45, 2.75) is 45.1 Å². The minimum atomic E-state index is -2.97. The van der Waals surface area contributed by atoms with Crippen molar-refractivity contribution >= 4 is 11.9 Å². The fraction of sp³-hybridized carbons (Fsp3) is 0.625. The van der Waals surface area contributed by atoms with Crippen LogP contribution in [0.3, 0.4) is 0 Å². The van der Waals surface area contributed by atoms with E-state index in [-0.39, 0.29) is 31.3 Å². The maximum absolute atomic E-state index is 14.2. The smallest absolute Gasteiger partial charge is 0.273 e. The van der Waals surface area contributed by atoms with E-state index in [2.05, 4.69) is 15.5 Å². The summed E-state index contributed by atoms with van der Waals surface area (Å²) in [6.07, 6.45) is 2.29. The van der Waals surface area contributed by atoms with Crippen molar-refractivity contribution in [2.75, 3.05) is 13.2 Å². The van der Waals surface area contributed by atoms with Crippen LogP contribution in [0.5, 0.6) is 0 Å². The van der Waals surface area contributed by atoms with Gasteiger partial charge in [0.25, 0.3) is 11.5 Å². The maximum atomic E-state index is 14.2. The van der Waals surface area contributed by atoms with E-state index in [9.17, 15) is 18.4 Å². The Hall–Kier alpha value is -2.72. The Morgan fingerprint density at radius 3 is 2.78 bits per heavy atom. The molecule has 1 aliphatic carbocycles. The van der Waals surface area contributed by atoms with Crippen molar-refractivity contribution in [3.63, 3.8) is 0 Å². The van der Waals surface area contributed by atoms with Gasteiger partial charge in [0.2, 0.25) is 11.9 Å². The summed E-state index contributed by atoms with van der Waals surface area (Å²) in [7, 11) is 0. The van der Waals surface area contributed by atoms with Crippen LogP contribution in [-0.4, -0.2) is 40.5 Å². The number of carbonyl (C=O) groups excluding carboxylic acids is 1. The third-order valence-corrected chi connectivity index (χ3v) is 4.42. The van der Waals surface area contributed by atoms with Crippen molar-refractivity contribution in [1.82, 2.24) is 14.9 Å². The Kier molecular flexibility index (Phi) is 6.70. The molecule has 1 heterocycles. The molecule has 5 N–H and O–H groups in total. The number of carbonyl (C=O) groups is 1. The molecule has 0 atom stereocenters. The highest BCUT2D eigenvalue weighted by molar-refractivity contribution is 5.76. The van der Waals surface area contributed by atoms with Crippen LogP contribution in [0.1, 0.15) is 30.7 Å². The van der Waals surface area contributed by atoms with Crippen LogP contribution in [0.4, 0.5) is 8.78 Å². The van der Waals surface area contributed by atoms with Crippen molar-refractivity contribution in [3.8, 4) is 0 Å². The summed E-state index contributed by atoms with van der Waals surface area (Å²) in [6.45, 7) is 1.42. The number of rotatable bonds is 9. The fourth-order valence-corrected chi connectivity index (χ4v) is 2.68. The second-order valence-corrected chi connectivity index (χ2v) is 6.50. The number of nitrogens with one attached hydrogen (secondary N) is 1. The van der Waals surface area contributed by atoms with Crippen LogP contribution in [0, 0.1) is 12.8 Å². The molecule has 27 heavy (non-hydrogen) atoms. The molecule has 0 saturated heterocycles. The molecule has 0 radical (unpaired) electrons. The molecular formula is C16H24F2N6O3. The second kappa shape index (κ2) is 8.78. The summed E-state index contributed by atoms with van der Waals surface area (Å²) < 4.78 is 29.6. The summed E-state index contributed by atoms with van der Waals surface area (Å²) >= 11 is 0. The maximum Gasteiger partial charge on any atom is 0.273 e. The van der Waals surface area contributed by atoms with Gasteiger partial charge >= 0.3 is 0 Å². The Bertz CT molecular complexity index is 757. The van der Waals surface area contributed by atoms with Crippen LogP contribution in [-0.2, 0) is 22.6 Å². The first-order valence-electron chi connectivity index (χ1n) is 8.61. The molecule has 1 amide bonds. The average Bonchev–Trinajstić information content (AvgIpc) is 2.51. The summed E-state index contributed by atoms with van der Waals surface area (Å²) in [6, 6.07) is 0. The molecule has 9 nitrogen and oxygen atoms in total. The molecule has 1 aliphatic rings. The van der Waals surface area contributed by atoms with Crippen LogP contribution in [0.25, 0.3) is 0 Å². The van der Waals surface area contributed by atoms with E-state index < -0.39 is 29.7 Å². The number of guanidine groups is 1. The van der Waals surface area contributed by atoms with E-state index in [0.29, 0.717) is 18.5 Å². The summed E-state index contributed by atoms with van der Waals surface area (Å²) in [5.41, 5.74) is 9.64. The Morgan fingerprint density at radius 2 is 2.19 bits per heavy atom. The van der Waals surface area contributed by atoms with E-state index in [1.165, 1.54) is 6.20 Å². The molecule has 0 unspecified atom stereocenters. The molecule has 0 spiro atoms. The zero-order valence-corrected chi connectivity index (χ0v) is 15.1. The number of hydrogen-bond acceptors (Lipinski definition) is 5. The highest BCUT2D eigenvalue weighted by Crippen LogP contribution is 2.41. The quantitative estimate of drug-likeness (QED) is 0.234. The van der Waals surface area contributed by atoms with Crippen molar-refractivity contribution < 1.29 is 18.4 Å². The largest absolute Gasteiger partial charge is 0.391 e. The number of alkyl halides is 2. The predicted molar refractivity (Wildman–Crippen MR) is 94.0 cm³/mol. The van der Waals surface area contributed by atoms with Gasteiger partial charge < -0.3 is 26.2 Å². The Labute approximate surface area is 154 Å². The average molecular weight is 386 g/mol. The highest BCUT2D eigenvalue weighted by atomic mass is 19.3. The van der Waals surface area contributed by atoms with Gasteiger partial charge in [0.05, 0.1) is 13.0 Å². The molecule has 1 fully saturated rings. The molecule has 11 heteroatoms. The summed E-state index contributed by atoms with van der Waals surface area (Å²) in [5, 5.41) is 5.81. The summed E-state index contributed by atoms with van der Waals surface area (Å²) in [4.78, 5) is 33.1. The van der Waals surface area contributed by atoms with Gasteiger partial charge in [0.1, 0.15) is 18.8 Å². The van der Waals surface area contributed by atoms with Crippen LogP contribution < -0.4 is 22.3 Å². The standard InChI is InChI=1S/C16H24F2N6O3/c1-10-8-22-12(7-16(17,18)11-3-2-4-11)14(26)24(10)9-13(25)21-5-6-27-23-15(19)20/h8,11H,2-7,9H2,1H3,(H,21,25)(H4,19,20,23). The molecule has 0 aromatic carbocycles. The lowest BCUT2D eigenvalue weighted by Gasteiger charge is -2.33. The topological polar surface area (TPSA) is 138 Å². The number of nitrogens with two attached hydrogens (primary N) is 2. The Morgan fingerprint density at radius 1 is 1.48 bits per heavy atom. The van der Waals surface area contributed by atoms with Crippen LogP contribution >= 0.6 is 0 Å². The molecule has 150 valence electrons. The normalized spacial score (nSPS) is 14.3. The van der Waals surface area contributed by atoms with Crippen molar-refractivity contribution in [3.05, 3.63) is 27.9 Å². The number of oxime groups is 1. The minimum absolute atomic E-state index is 0.0345. The van der Waals surface area contributed by atoms with Crippen molar-refractivity contribution in [2.24, 2.45) is 22.5 Å². The van der Waals surface area contributed by atoms with E-state index in [0.717, 1.165) is 11.0 Å². The number of halogens is 2. The van der Waals surface area contributed by atoms with Gasteiger partial charge in [-0.15, -0.1) is 0 Å². The van der Waals surface area contributed by atoms with E-state index in [4.69, 9.17) is 16.3 Å². The van der Waals surface area contributed by atoms with E-state index in [1.807, 2.05) is 0 Å². The number of hydrogen-bond donors (Lipinski definition) is 3. The van der Waals surface area contributed by atoms with Gasteiger partial charge in [0.15, 0.2) is 0 Å². The molecular weight excluding hydrogens is 362 g/mol. The lowest BCUT2D eigenvalue weighted by atomic mass is 9.79. The molecule has 0 aliphatic heterocycles. The first-order valence-corrected chi connectivity index (χ1v) is 8.61. The van der Waals surface area contributed by atoms with Gasteiger partial charge in [-0.05, 0) is 24.9 Å². The van der Waals surface area contributed by atoms with Gasteiger partial charge in [-0.2, -0.15) is 0 Å². The van der Waals surface area contributed by atoms with E-state index >= 15 is 0 Å². The molecule has 1 aromatic heterocycles. The zero-order valence-electron chi connectivity index (χ0n) is 15.1.